The van der Waals surface area contributed by atoms with E-state index in [4.69, 9.17) is 16.9 Å². The van der Waals surface area contributed by atoms with E-state index >= 15 is 0 Å². The van der Waals surface area contributed by atoms with Crippen LogP contribution in [0.25, 0.3) is 0 Å². The fourth-order valence-electron chi connectivity index (χ4n) is 1.82. The lowest BCUT2D eigenvalue weighted by atomic mass is 10.0. The summed E-state index contributed by atoms with van der Waals surface area (Å²) in [6.45, 7) is 0. The van der Waals surface area contributed by atoms with Gasteiger partial charge in [-0.05, 0) is 30.0 Å². The molecule has 1 aliphatic carbocycles. The number of nitrogens with two attached hydrogens (primary N) is 2. The lowest BCUT2D eigenvalue weighted by molar-refractivity contribution is 0.713. The van der Waals surface area contributed by atoms with Crippen molar-refractivity contribution in [3.63, 3.8) is 0 Å². The molecule has 0 spiro atoms. The first-order valence-corrected chi connectivity index (χ1v) is 4.41. The van der Waals surface area contributed by atoms with Gasteiger partial charge < -0.3 is 11.5 Å². The molecule has 13 heavy (non-hydrogen) atoms. The third-order valence-corrected chi connectivity index (χ3v) is 2.58. The average molecular weight is 175 g/mol. The van der Waals surface area contributed by atoms with Gasteiger partial charge in [0.15, 0.2) is 0 Å². The summed E-state index contributed by atoms with van der Waals surface area (Å²) in [6.07, 6.45) is 2.02. The number of nitrogen functional groups attached to an aromatic ring is 1. The van der Waals surface area contributed by atoms with E-state index in [0.29, 0.717) is 0 Å². The molecule has 3 heteroatoms. The van der Waals surface area contributed by atoms with Gasteiger partial charge in [-0.3, -0.25) is 5.41 Å². The smallest absolute Gasteiger partial charge is 0.122 e. The second kappa shape index (κ2) is 2.85. The van der Waals surface area contributed by atoms with Gasteiger partial charge in [0.25, 0.3) is 0 Å². The van der Waals surface area contributed by atoms with Gasteiger partial charge in [-0.2, -0.15) is 0 Å². The summed E-state index contributed by atoms with van der Waals surface area (Å²) in [5.74, 6) is 0.128. The van der Waals surface area contributed by atoms with Gasteiger partial charge in [0, 0.05) is 11.6 Å². The maximum absolute atomic E-state index is 7.29. The van der Waals surface area contributed by atoms with E-state index < -0.39 is 0 Å². The van der Waals surface area contributed by atoms with Crippen molar-refractivity contribution in [2.75, 3.05) is 0 Å². The Balaban J connectivity index is 2.45. The van der Waals surface area contributed by atoms with Gasteiger partial charge in [-0.25, -0.2) is 0 Å². The van der Waals surface area contributed by atoms with Gasteiger partial charge in [0.1, 0.15) is 5.84 Å². The van der Waals surface area contributed by atoms with Crippen LogP contribution < -0.4 is 11.5 Å². The summed E-state index contributed by atoms with van der Waals surface area (Å²) < 4.78 is 0. The van der Waals surface area contributed by atoms with Crippen molar-refractivity contribution in [2.24, 2.45) is 11.5 Å². The molecule has 0 saturated carbocycles. The van der Waals surface area contributed by atoms with Crippen molar-refractivity contribution in [1.29, 1.82) is 5.41 Å². The molecule has 0 bridgehead atoms. The molecule has 5 N–H and O–H groups in total. The summed E-state index contributed by atoms with van der Waals surface area (Å²) in [4.78, 5) is 0. The van der Waals surface area contributed by atoms with Crippen LogP contribution in [0.3, 0.4) is 0 Å². The predicted molar refractivity (Wildman–Crippen MR) is 52.7 cm³/mol. The van der Waals surface area contributed by atoms with Gasteiger partial charge in [0.05, 0.1) is 0 Å². The fourth-order valence-corrected chi connectivity index (χ4v) is 1.82. The van der Waals surface area contributed by atoms with Crippen molar-refractivity contribution >= 4 is 5.84 Å². The average Bonchev–Trinajstić information content (AvgIpc) is 2.47. The van der Waals surface area contributed by atoms with Crippen LogP contribution in [0.15, 0.2) is 18.2 Å². The molecule has 1 unspecified atom stereocenters. The maximum Gasteiger partial charge on any atom is 0.122 e. The second-order valence-electron chi connectivity index (χ2n) is 3.47. The zero-order chi connectivity index (χ0) is 9.42. The number of rotatable bonds is 1. The summed E-state index contributed by atoms with van der Waals surface area (Å²) in [5, 5.41) is 7.29. The molecular formula is C10H13N3. The van der Waals surface area contributed by atoms with Gasteiger partial charge >= 0.3 is 0 Å². The number of amidine groups is 1. The lowest BCUT2D eigenvalue weighted by Gasteiger charge is -2.05. The van der Waals surface area contributed by atoms with Crippen LogP contribution in [0.5, 0.6) is 0 Å². The maximum atomic E-state index is 7.29. The Labute approximate surface area is 77.3 Å². The minimum Gasteiger partial charge on any atom is -0.384 e. The Hall–Kier alpha value is -1.35. The third-order valence-electron chi connectivity index (χ3n) is 2.58. The highest BCUT2D eigenvalue weighted by molar-refractivity contribution is 5.95. The van der Waals surface area contributed by atoms with E-state index in [-0.39, 0.29) is 11.9 Å². The van der Waals surface area contributed by atoms with Gasteiger partial charge in [-0.15, -0.1) is 0 Å². The summed E-state index contributed by atoms with van der Waals surface area (Å²) >= 11 is 0. The zero-order valence-electron chi connectivity index (χ0n) is 7.38. The fraction of sp³-hybridized carbons (Fsp3) is 0.300. The van der Waals surface area contributed by atoms with E-state index in [1.807, 2.05) is 18.2 Å². The van der Waals surface area contributed by atoms with Crippen molar-refractivity contribution in [1.82, 2.24) is 0 Å². The molecule has 0 aliphatic heterocycles. The number of nitrogens with one attached hydrogen (secondary N) is 1. The van der Waals surface area contributed by atoms with E-state index in [0.717, 1.165) is 18.4 Å². The van der Waals surface area contributed by atoms with E-state index in [1.54, 1.807) is 0 Å². The molecule has 0 fully saturated rings. The predicted octanol–water partition coefficient (Wildman–Crippen LogP) is 0.917. The highest BCUT2D eigenvalue weighted by Gasteiger charge is 2.18. The molecule has 0 saturated heterocycles. The molecule has 1 aliphatic rings. The topological polar surface area (TPSA) is 75.9 Å². The first-order valence-electron chi connectivity index (χ1n) is 4.41. The van der Waals surface area contributed by atoms with E-state index in [9.17, 15) is 0 Å². The van der Waals surface area contributed by atoms with Gasteiger partial charge in [-0.1, -0.05) is 12.1 Å². The molecule has 68 valence electrons. The second-order valence-corrected chi connectivity index (χ2v) is 3.47. The van der Waals surface area contributed by atoms with E-state index in [2.05, 4.69) is 0 Å². The Bertz CT molecular complexity index is 357. The number of fused-ring (bicyclic) bond motifs is 1. The first-order chi connectivity index (χ1) is 6.18. The standard InChI is InChI=1S/C10H13N3/c11-9-4-2-6-5-7(10(12)13)1-3-8(6)9/h1,3,5,9H,2,4,11H2,(H3,12,13). The summed E-state index contributed by atoms with van der Waals surface area (Å²) in [7, 11) is 0. The minimum absolute atomic E-state index is 0.128. The zero-order valence-corrected chi connectivity index (χ0v) is 7.38. The van der Waals surface area contributed by atoms with Crippen LogP contribution in [0.1, 0.15) is 29.2 Å². The van der Waals surface area contributed by atoms with Crippen molar-refractivity contribution in [2.45, 2.75) is 18.9 Å². The molecule has 3 nitrogen and oxygen atoms in total. The monoisotopic (exact) mass is 175 g/mol. The Kier molecular flexibility index (Phi) is 1.81. The number of benzene rings is 1. The quantitative estimate of drug-likeness (QED) is 0.438. The van der Waals surface area contributed by atoms with Crippen LogP contribution in [-0.2, 0) is 6.42 Å². The van der Waals surface area contributed by atoms with Gasteiger partial charge in [0.2, 0.25) is 0 Å². The molecule has 1 aromatic rings. The third kappa shape index (κ3) is 1.31. The molecule has 0 amide bonds. The Morgan fingerprint density at radius 1 is 1.46 bits per heavy atom. The highest BCUT2D eigenvalue weighted by atomic mass is 14.7. The van der Waals surface area contributed by atoms with Crippen LogP contribution >= 0.6 is 0 Å². The molecule has 0 aromatic heterocycles. The number of hydrogen-bond acceptors (Lipinski definition) is 2. The van der Waals surface area contributed by atoms with Crippen LogP contribution in [0.4, 0.5) is 0 Å². The van der Waals surface area contributed by atoms with Crippen molar-refractivity contribution in [3.8, 4) is 0 Å². The molecule has 2 rings (SSSR count). The normalized spacial score (nSPS) is 19.9. The Morgan fingerprint density at radius 2 is 2.23 bits per heavy atom. The van der Waals surface area contributed by atoms with Crippen LogP contribution in [-0.4, -0.2) is 5.84 Å². The Morgan fingerprint density at radius 3 is 2.92 bits per heavy atom. The van der Waals surface area contributed by atoms with E-state index in [1.165, 1.54) is 11.1 Å². The number of aryl methyl sites for hydroxylation is 1. The van der Waals surface area contributed by atoms with Crippen molar-refractivity contribution < 1.29 is 0 Å². The molecule has 1 aromatic carbocycles. The molecule has 1 atom stereocenters. The van der Waals surface area contributed by atoms with Crippen LogP contribution in [0.2, 0.25) is 0 Å². The highest BCUT2D eigenvalue weighted by Crippen LogP contribution is 2.29. The van der Waals surface area contributed by atoms with Crippen molar-refractivity contribution in [3.05, 3.63) is 34.9 Å². The largest absolute Gasteiger partial charge is 0.384 e. The SMILES string of the molecule is N=C(N)c1ccc2c(c1)CCC2N. The number of hydrogen-bond donors (Lipinski definition) is 3. The molecule has 0 radical (unpaired) electrons. The molecule has 0 heterocycles. The van der Waals surface area contributed by atoms with Crippen LogP contribution in [0, 0.1) is 5.41 Å². The molecular weight excluding hydrogens is 162 g/mol. The summed E-state index contributed by atoms with van der Waals surface area (Å²) in [6, 6.07) is 6.01. The lowest BCUT2D eigenvalue weighted by Crippen LogP contribution is -2.11. The minimum atomic E-state index is 0.128. The first kappa shape index (κ1) is 8.26. The summed E-state index contributed by atoms with van der Waals surface area (Å²) in [5.41, 5.74) is 14.5.